The Morgan fingerprint density at radius 3 is 2.03 bits per heavy atom. The molecule has 3 aromatic carbocycles. The highest BCUT2D eigenvalue weighted by molar-refractivity contribution is 6.04. The Bertz CT molecular complexity index is 1010. The van der Waals surface area contributed by atoms with Gasteiger partial charge in [-0.1, -0.05) is 18.2 Å². The molecular formula is C21H15F5N2O. The van der Waals surface area contributed by atoms with Gasteiger partial charge < -0.3 is 10.2 Å². The van der Waals surface area contributed by atoms with Gasteiger partial charge in [0, 0.05) is 18.4 Å². The predicted molar refractivity (Wildman–Crippen MR) is 100 cm³/mol. The topological polar surface area (TPSA) is 32.3 Å². The fourth-order valence-corrected chi connectivity index (χ4v) is 2.82. The van der Waals surface area contributed by atoms with Crippen LogP contribution in [0.4, 0.5) is 39.0 Å². The monoisotopic (exact) mass is 406 g/mol. The summed E-state index contributed by atoms with van der Waals surface area (Å²) in [7, 11) is 1.48. The fourth-order valence-electron chi connectivity index (χ4n) is 2.82. The van der Waals surface area contributed by atoms with Crippen molar-refractivity contribution < 1.29 is 26.7 Å². The summed E-state index contributed by atoms with van der Waals surface area (Å²) in [4.78, 5) is 13.5. The van der Waals surface area contributed by atoms with E-state index in [0.29, 0.717) is 5.69 Å². The van der Waals surface area contributed by atoms with Crippen molar-refractivity contribution in [2.45, 2.75) is 6.18 Å². The largest absolute Gasteiger partial charge is 0.418 e. The third-order valence-corrected chi connectivity index (χ3v) is 4.27. The number of amides is 1. The molecule has 0 atom stereocenters. The van der Waals surface area contributed by atoms with Crippen molar-refractivity contribution in [2.75, 3.05) is 17.3 Å². The van der Waals surface area contributed by atoms with Crippen molar-refractivity contribution in [3.63, 3.8) is 0 Å². The van der Waals surface area contributed by atoms with Gasteiger partial charge in [-0.25, -0.2) is 8.78 Å². The lowest BCUT2D eigenvalue weighted by Crippen LogP contribution is -2.17. The third kappa shape index (κ3) is 4.37. The number of nitrogens with zero attached hydrogens (tertiary/aromatic N) is 1. The molecule has 0 unspecified atom stereocenters. The van der Waals surface area contributed by atoms with Crippen LogP contribution in [0.3, 0.4) is 0 Å². The molecule has 0 saturated carbocycles. The number of alkyl halides is 3. The van der Waals surface area contributed by atoms with Gasteiger partial charge in [-0.3, -0.25) is 4.79 Å². The van der Waals surface area contributed by atoms with Crippen molar-refractivity contribution in [1.29, 1.82) is 0 Å². The molecular weight excluding hydrogens is 391 g/mol. The highest BCUT2D eigenvalue weighted by Crippen LogP contribution is 2.38. The second-order valence-corrected chi connectivity index (χ2v) is 6.17. The zero-order chi connectivity index (χ0) is 21.2. The number of hydrogen-bond donors (Lipinski definition) is 1. The van der Waals surface area contributed by atoms with Crippen molar-refractivity contribution in [1.82, 2.24) is 0 Å². The summed E-state index contributed by atoms with van der Waals surface area (Å²) >= 11 is 0. The molecule has 0 bridgehead atoms. The molecule has 1 N–H and O–H groups in total. The van der Waals surface area contributed by atoms with Gasteiger partial charge in [-0.15, -0.1) is 0 Å². The van der Waals surface area contributed by atoms with Gasteiger partial charge in [0.2, 0.25) is 0 Å². The number of anilines is 3. The minimum absolute atomic E-state index is 0.0368. The van der Waals surface area contributed by atoms with Crippen LogP contribution in [0.2, 0.25) is 0 Å². The van der Waals surface area contributed by atoms with Crippen LogP contribution in [0.5, 0.6) is 0 Å². The number of benzene rings is 3. The standard InChI is InChI=1S/C21H15F5N2O/c1-28(18-8-3-2-5-15(18)21(24,25)26)14-11-9-13(10-12-14)27-20(29)19-16(22)6-4-7-17(19)23/h2-12H,1H3,(H,27,29). The second kappa shape index (κ2) is 7.90. The zero-order valence-electron chi connectivity index (χ0n) is 15.1. The molecule has 29 heavy (non-hydrogen) atoms. The lowest BCUT2D eigenvalue weighted by Gasteiger charge is -2.23. The van der Waals surface area contributed by atoms with E-state index in [4.69, 9.17) is 0 Å². The van der Waals surface area contributed by atoms with Crippen LogP contribution in [0.15, 0.2) is 66.7 Å². The van der Waals surface area contributed by atoms with Gasteiger partial charge in [0.25, 0.3) is 5.91 Å². The smallest absolute Gasteiger partial charge is 0.344 e. The fraction of sp³-hybridized carbons (Fsp3) is 0.0952. The quantitative estimate of drug-likeness (QED) is 0.539. The molecule has 0 aliphatic rings. The maximum atomic E-state index is 13.7. The Labute approximate surface area is 163 Å². The van der Waals surface area contributed by atoms with E-state index >= 15 is 0 Å². The van der Waals surface area contributed by atoms with Gasteiger partial charge in [0.15, 0.2) is 0 Å². The zero-order valence-corrected chi connectivity index (χ0v) is 15.1. The molecule has 3 nitrogen and oxygen atoms in total. The van der Waals surface area contributed by atoms with Crippen LogP contribution >= 0.6 is 0 Å². The predicted octanol–water partition coefficient (Wildman–Crippen LogP) is 6.00. The van der Waals surface area contributed by atoms with Crippen LogP contribution in [-0.4, -0.2) is 13.0 Å². The first kappa shape index (κ1) is 20.3. The van der Waals surface area contributed by atoms with Gasteiger partial charge >= 0.3 is 6.18 Å². The Kier molecular flexibility index (Phi) is 5.54. The molecule has 1 amide bonds. The van der Waals surface area contributed by atoms with E-state index in [2.05, 4.69) is 5.32 Å². The summed E-state index contributed by atoms with van der Waals surface area (Å²) in [5.74, 6) is -2.96. The average Bonchev–Trinajstić information content (AvgIpc) is 2.67. The number of halogens is 5. The van der Waals surface area contributed by atoms with Crippen molar-refractivity contribution in [2.24, 2.45) is 0 Å². The van der Waals surface area contributed by atoms with Gasteiger partial charge in [-0.2, -0.15) is 13.2 Å². The van der Waals surface area contributed by atoms with E-state index in [1.165, 1.54) is 54.4 Å². The van der Waals surface area contributed by atoms with Gasteiger partial charge in [-0.05, 0) is 48.5 Å². The molecule has 150 valence electrons. The Morgan fingerprint density at radius 2 is 1.45 bits per heavy atom. The molecule has 0 fully saturated rings. The lowest BCUT2D eigenvalue weighted by atomic mass is 10.1. The molecule has 3 aromatic rings. The summed E-state index contributed by atoms with van der Waals surface area (Å²) in [6.45, 7) is 0. The molecule has 0 saturated heterocycles. The minimum Gasteiger partial charge on any atom is -0.344 e. The van der Waals surface area contributed by atoms with Crippen LogP contribution in [-0.2, 0) is 6.18 Å². The lowest BCUT2D eigenvalue weighted by molar-refractivity contribution is -0.137. The molecule has 0 heterocycles. The van der Waals surface area contributed by atoms with E-state index in [0.717, 1.165) is 24.3 Å². The van der Waals surface area contributed by atoms with Crippen LogP contribution < -0.4 is 10.2 Å². The van der Waals surface area contributed by atoms with Gasteiger partial charge in [0.05, 0.1) is 11.3 Å². The Hall–Kier alpha value is -3.42. The normalized spacial score (nSPS) is 11.2. The highest BCUT2D eigenvalue weighted by atomic mass is 19.4. The molecule has 0 spiro atoms. The molecule has 0 aliphatic carbocycles. The SMILES string of the molecule is CN(c1ccc(NC(=O)c2c(F)cccc2F)cc1)c1ccccc1C(F)(F)F. The number of nitrogens with one attached hydrogen (secondary N) is 1. The number of para-hydroxylation sites is 1. The Morgan fingerprint density at radius 1 is 0.862 bits per heavy atom. The molecule has 0 aliphatic heterocycles. The number of rotatable bonds is 4. The number of carbonyl (C=O) groups excluding carboxylic acids is 1. The van der Waals surface area contributed by atoms with Crippen molar-refractivity contribution >= 4 is 23.0 Å². The summed E-state index contributed by atoms with van der Waals surface area (Å²) in [5.41, 5.74) is -0.872. The van der Waals surface area contributed by atoms with Gasteiger partial charge in [0.1, 0.15) is 17.2 Å². The van der Waals surface area contributed by atoms with E-state index < -0.39 is 34.8 Å². The van der Waals surface area contributed by atoms with Crippen molar-refractivity contribution in [3.05, 3.63) is 89.5 Å². The first-order valence-electron chi connectivity index (χ1n) is 8.44. The van der Waals surface area contributed by atoms with E-state index in [1.54, 1.807) is 0 Å². The van der Waals surface area contributed by atoms with Crippen LogP contribution in [0.1, 0.15) is 15.9 Å². The Balaban J connectivity index is 1.82. The van der Waals surface area contributed by atoms with E-state index in [1.807, 2.05) is 0 Å². The van der Waals surface area contributed by atoms with Crippen LogP contribution in [0.25, 0.3) is 0 Å². The summed E-state index contributed by atoms with van der Waals surface area (Å²) < 4.78 is 67.1. The van der Waals surface area contributed by atoms with E-state index in [-0.39, 0.29) is 11.4 Å². The summed E-state index contributed by atoms with van der Waals surface area (Å²) in [6.07, 6.45) is -4.51. The third-order valence-electron chi connectivity index (χ3n) is 4.27. The van der Waals surface area contributed by atoms with Crippen LogP contribution in [0, 0.1) is 11.6 Å². The summed E-state index contributed by atoms with van der Waals surface area (Å²) in [6, 6.07) is 14.0. The minimum atomic E-state index is -4.51. The first-order chi connectivity index (χ1) is 13.7. The van der Waals surface area contributed by atoms with Crippen molar-refractivity contribution in [3.8, 4) is 0 Å². The maximum Gasteiger partial charge on any atom is 0.418 e. The number of hydrogen-bond acceptors (Lipinski definition) is 2. The summed E-state index contributed by atoms with van der Waals surface area (Å²) in [5, 5.41) is 2.36. The second-order valence-electron chi connectivity index (χ2n) is 6.17. The molecule has 0 radical (unpaired) electrons. The first-order valence-corrected chi connectivity index (χ1v) is 8.44. The van der Waals surface area contributed by atoms with E-state index in [9.17, 15) is 26.7 Å². The molecule has 0 aromatic heterocycles. The average molecular weight is 406 g/mol. The highest BCUT2D eigenvalue weighted by Gasteiger charge is 2.34. The number of carbonyl (C=O) groups is 1. The molecule has 8 heteroatoms. The molecule has 3 rings (SSSR count). The maximum absolute atomic E-state index is 13.7.